The Bertz CT molecular complexity index is 953. The number of carbonyl (C=O) groups excluding carboxylic acids is 1. The van der Waals surface area contributed by atoms with Crippen molar-refractivity contribution >= 4 is 24.8 Å². The topological polar surface area (TPSA) is 71.1 Å². The number of halogens is 3. The van der Waals surface area contributed by atoms with Crippen molar-refractivity contribution in [1.29, 1.82) is 5.41 Å². The number of hydrogen-bond acceptors (Lipinski definition) is 4. The molecular weight excluding hydrogens is 369 g/mol. The van der Waals surface area contributed by atoms with Gasteiger partial charge in [0.05, 0.1) is 18.0 Å². The van der Waals surface area contributed by atoms with E-state index in [2.05, 4.69) is 10.1 Å². The predicted molar refractivity (Wildman–Crippen MR) is 103 cm³/mol. The molecule has 0 fully saturated rings. The van der Waals surface area contributed by atoms with Crippen molar-refractivity contribution in [2.75, 3.05) is 0 Å². The molecule has 146 valence electrons. The van der Waals surface area contributed by atoms with Gasteiger partial charge in [0.25, 0.3) is 0 Å². The predicted octanol–water partition coefficient (Wildman–Crippen LogP) is 4.99. The smallest absolute Gasteiger partial charge is 0.305 e. The van der Waals surface area contributed by atoms with Gasteiger partial charge in [-0.1, -0.05) is 30.7 Å². The molecule has 1 heterocycles. The summed E-state index contributed by atoms with van der Waals surface area (Å²) in [4.78, 5) is 14.9. The lowest BCUT2D eigenvalue weighted by atomic mass is 10.0. The second kappa shape index (κ2) is 9.07. The molecule has 0 radical (unpaired) electrons. The van der Waals surface area contributed by atoms with Crippen LogP contribution in [0.4, 0.5) is 13.2 Å². The summed E-state index contributed by atoms with van der Waals surface area (Å²) in [6, 6.07) is 3.24. The summed E-state index contributed by atoms with van der Waals surface area (Å²) in [6.07, 6.45) is 5.10. The van der Waals surface area contributed by atoms with Crippen molar-refractivity contribution in [2.24, 2.45) is 5.10 Å². The van der Waals surface area contributed by atoms with Gasteiger partial charge in [-0.05, 0) is 36.6 Å². The summed E-state index contributed by atoms with van der Waals surface area (Å²) in [5.41, 5.74) is 0.775. The molecule has 0 spiro atoms. The van der Waals surface area contributed by atoms with Gasteiger partial charge < -0.3 is 5.41 Å². The first kappa shape index (κ1) is 21.0. The van der Waals surface area contributed by atoms with E-state index in [0.717, 1.165) is 23.9 Å². The molecule has 2 aromatic rings. The Kier molecular flexibility index (Phi) is 6.81. The maximum absolute atomic E-state index is 13.3. The van der Waals surface area contributed by atoms with Crippen LogP contribution in [-0.2, 0) is 6.18 Å². The summed E-state index contributed by atoms with van der Waals surface area (Å²) >= 11 is 0. The fraction of sp³-hybridized carbons (Fsp3) is 0.200. The van der Waals surface area contributed by atoms with Crippen LogP contribution < -0.4 is 0 Å². The lowest BCUT2D eigenvalue weighted by Crippen LogP contribution is -2.07. The fourth-order valence-corrected chi connectivity index (χ4v) is 2.36. The normalized spacial score (nSPS) is 13.2. The molecule has 0 aliphatic heterocycles. The highest BCUT2D eigenvalue weighted by molar-refractivity contribution is 5.86. The molecule has 8 heteroatoms. The monoisotopic (exact) mass is 388 g/mol. The standard InChI is InChI=1S/C20H19F3N4O/c1-3-14(2)17(12-26-27-9-8-25-19(27)11-24)6-5-16-10-15(13-28)4-7-18(16)20(21,22)23/h4-13,24H,3H2,1-2H3/b6-5+,17-14-,24-11?,26-12-. The number of nitrogens with zero attached hydrogens (tertiary/aromatic N) is 3. The summed E-state index contributed by atoms with van der Waals surface area (Å²) in [7, 11) is 0. The molecule has 1 aromatic carbocycles. The van der Waals surface area contributed by atoms with Crippen LogP contribution in [-0.4, -0.2) is 28.4 Å². The van der Waals surface area contributed by atoms with E-state index in [1.165, 1.54) is 35.3 Å². The van der Waals surface area contributed by atoms with Gasteiger partial charge >= 0.3 is 6.18 Å². The van der Waals surface area contributed by atoms with Gasteiger partial charge in [0, 0.05) is 18.0 Å². The Balaban J connectivity index is 2.45. The van der Waals surface area contributed by atoms with Crippen molar-refractivity contribution in [3.63, 3.8) is 0 Å². The molecule has 0 aliphatic carbocycles. The number of imidazole rings is 1. The van der Waals surface area contributed by atoms with E-state index < -0.39 is 11.7 Å². The Hall–Kier alpha value is -3.29. The molecule has 1 N–H and O–H groups in total. The van der Waals surface area contributed by atoms with E-state index in [9.17, 15) is 18.0 Å². The van der Waals surface area contributed by atoms with Crippen LogP contribution in [0.5, 0.6) is 0 Å². The number of allylic oxidation sites excluding steroid dienone is 3. The molecule has 5 nitrogen and oxygen atoms in total. The molecule has 0 saturated carbocycles. The van der Waals surface area contributed by atoms with Crippen LogP contribution in [0.25, 0.3) is 6.08 Å². The van der Waals surface area contributed by atoms with E-state index in [0.29, 0.717) is 24.1 Å². The minimum absolute atomic E-state index is 0.102. The largest absolute Gasteiger partial charge is 0.416 e. The van der Waals surface area contributed by atoms with Gasteiger partial charge in [-0.15, -0.1) is 0 Å². The second-order valence-corrected chi connectivity index (χ2v) is 5.90. The first-order valence-corrected chi connectivity index (χ1v) is 8.42. The highest BCUT2D eigenvalue weighted by atomic mass is 19.4. The zero-order valence-corrected chi connectivity index (χ0v) is 15.4. The molecule has 0 unspecified atom stereocenters. The minimum atomic E-state index is -4.53. The van der Waals surface area contributed by atoms with Crippen LogP contribution in [0.2, 0.25) is 0 Å². The van der Waals surface area contributed by atoms with Crippen LogP contribution in [0.15, 0.2) is 52.9 Å². The van der Waals surface area contributed by atoms with E-state index in [1.807, 2.05) is 13.8 Å². The van der Waals surface area contributed by atoms with Gasteiger partial charge in [-0.25, -0.2) is 9.66 Å². The first-order valence-electron chi connectivity index (χ1n) is 8.42. The summed E-state index contributed by atoms with van der Waals surface area (Å²) in [5.74, 6) is 0.326. The van der Waals surface area contributed by atoms with Crippen molar-refractivity contribution in [3.05, 3.63) is 70.3 Å². The van der Waals surface area contributed by atoms with Gasteiger partial charge in [-0.3, -0.25) is 4.79 Å². The quantitative estimate of drug-likeness (QED) is 0.413. The average Bonchev–Trinajstić information content (AvgIpc) is 3.14. The molecular formula is C20H19F3N4O. The number of carbonyl (C=O) groups is 1. The first-order chi connectivity index (χ1) is 13.3. The molecule has 28 heavy (non-hydrogen) atoms. The Labute approximate surface area is 160 Å². The Morgan fingerprint density at radius 3 is 2.71 bits per heavy atom. The molecule has 0 amide bonds. The molecule has 0 bridgehead atoms. The Morgan fingerprint density at radius 2 is 2.11 bits per heavy atom. The van der Waals surface area contributed by atoms with E-state index in [1.54, 1.807) is 6.20 Å². The van der Waals surface area contributed by atoms with Crippen LogP contribution in [0, 0.1) is 5.41 Å². The van der Waals surface area contributed by atoms with Gasteiger partial charge in [0.15, 0.2) is 5.82 Å². The highest BCUT2D eigenvalue weighted by Gasteiger charge is 2.32. The number of rotatable bonds is 7. The minimum Gasteiger partial charge on any atom is -0.305 e. The zero-order valence-electron chi connectivity index (χ0n) is 15.4. The molecule has 0 atom stereocenters. The van der Waals surface area contributed by atoms with Gasteiger partial charge in [-0.2, -0.15) is 18.3 Å². The number of aldehydes is 1. The van der Waals surface area contributed by atoms with E-state index >= 15 is 0 Å². The number of aromatic nitrogens is 2. The third kappa shape index (κ3) is 5.12. The molecule has 1 aromatic heterocycles. The van der Waals surface area contributed by atoms with Gasteiger partial charge in [0.1, 0.15) is 6.29 Å². The Morgan fingerprint density at radius 1 is 1.36 bits per heavy atom. The van der Waals surface area contributed by atoms with Crippen molar-refractivity contribution in [2.45, 2.75) is 26.4 Å². The van der Waals surface area contributed by atoms with Crippen molar-refractivity contribution < 1.29 is 18.0 Å². The van der Waals surface area contributed by atoms with E-state index in [4.69, 9.17) is 5.41 Å². The van der Waals surface area contributed by atoms with E-state index in [-0.39, 0.29) is 11.1 Å². The molecule has 2 rings (SSSR count). The maximum Gasteiger partial charge on any atom is 0.416 e. The molecule has 0 aliphatic rings. The van der Waals surface area contributed by atoms with Crippen molar-refractivity contribution in [3.8, 4) is 0 Å². The number of alkyl halides is 3. The maximum atomic E-state index is 13.3. The zero-order chi connectivity index (χ0) is 20.7. The summed E-state index contributed by atoms with van der Waals surface area (Å²) < 4.78 is 41.2. The third-order valence-corrected chi connectivity index (χ3v) is 4.08. The summed E-state index contributed by atoms with van der Waals surface area (Å²) in [6.45, 7) is 3.77. The average molecular weight is 388 g/mol. The lowest BCUT2D eigenvalue weighted by Gasteiger charge is -2.11. The molecule has 0 saturated heterocycles. The third-order valence-electron chi connectivity index (χ3n) is 4.08. The van der Waals surface area contributed by atoms with Gasteiger partial charge in [0.2, 0.25) is 0 Å². The highest BCUT2D eigenvalue weighted by Crippen LogP contribution is 2.33. The summed E-state index contributed by atoms with van der Waals surface area (Å²) in [5, 5.41) is 11.5. The van der Waals surface area contributed by atoms with Crippen LogP contribution in [0.3, 0.4) is 0 Å². The number of benzene rings is 1. The second-order valence-electron chi connectivity index (χ2n) is 5.90. The number of hydrogen-bond donors (Lipinski definition) is 1. The SMILES string of the molecule is CC/C(C)=C(\C=N/n1ccnc1C=N)/C=C/c1cc(C=O)ccc1C(F)(F)F. The van der Waals surface area contributed by atoms with Crippen LogP contribution in [0.1, 0.15) is 47.6 Å². The fourth-order valence-electron chi connectivity index (χ4n) is 2.36. The van der Waals surface area contributed by atoms with Crippen molar-refractivity contribution in [1.82, 2.24) is 9.66 Å². The van der Waals surface area contributed by atoms with Crippen LogP contribution >= 0.6 is 0 Å². The number of nitrogens with one attached hydrogen (secondary N) is 1. The lowest BCUT2D eigenvalue weighted by molar-refractivity contribution is -0.137.